The van der Waals surface area contributed by atoms with Crippen molar-refractivity contribution in [2.75, 3.05) is 0 Å². The Balaban J connectivity index is 0.000000231. The molecule has 0 aliphatic carbocycles. The first-order valence-electron chi connectivity index (χ1n) is 7.81. The zero-order valence-electron chi connectivity index (χ0n) is 14.9. The second kappa shape index (κ2) is 7.42. The Morgan fingerprint density at radius 2 is 1.26 bits per heavy atom. The fraction of sp³-hybridized carbons (Fsp3) is 0.381. The molecular formula is C21H26FN. The van der Waals surface area contributed by atoms with Crippen molar-refractivity contribution >= 4 is 0 Å². The maximum Gasteiger partial charge on any atom is 0.123 e. The van der Waals surface area contributed by atoms with Gasteiger partial charge in [-0.3, -0.25) is 0 Å². The van der Waals surface area contributed by atoms with Crippen LogP contribution in [0, 0.1) is 17.1 Å². The Morgan fingerprint density at radius 3 is 1.65 bits per heavy atom. The van der Waals surface area contributed by atoms with E-state index in [0.29, 0.717) is 0 Å². The van der Waals surface area contributed by atoms with Gasteiger partial charge in [-0.05, 0) is 46.2 Å². The van der Waals surface area contributed by atoms with E-state index < -0.39 is 0 Å². The van der Waals surface area contributed by atoms with Crippen LogP contribution in [0.25, 0.3) is 0 Å². The van der Waals surface area contributed by atoms with Crippen LogP contribution >= 0.6 is 0 Å². The van der Waals surface area contributed by atoms with Crippen molar-refractivity contribution in [1.82, 2.24) is 0 Å². The van der Waals surface area contributed by atoms with Gasteiger partial charge < -0.3 is 0 Å². The van der Waals surface area contributed by atoms with Gasteiger partial charge in [0.2, 0.25) is 0 Å². The van der Waals surface area contributed by atoms with E-state index in [9.17, 15) is 4.39 Å². The maximum absolute atomic E-state index is 12.7. The normalized spacial score (nSPS) is 11.2. The molecule has 0 atom stereocenters. The monoisotopic (exact) mass is 311 g/mol. The summed E-state index contributed by atoms with van der Waals surface area (Å²) in [4.78, 5) is 0. The molecule has 2 rings (SSSR count). The third kappa shape index (κ3) is 6.24. The smallest absolute Gasteiger partial charge is 0.123 e. The van der Waals surface area contributed by atoms with E-state index in [-0.39, 0.29) is 16.6 Å². The number of halogens is 1. The Hall–Kier alpha value is -2.14. The summed E-state index contributed by atoms with van der Waals surface area (Å²) >= 11 is 0. The fourth-order valence-corrected chi connectivity index (χ4v) is 2.01. The molecule has 0 amide bonds. The molecule has 0 spiro atoms. The van der Waals surface area contributed by atoms with Gasteiger partial charge in [0, 0.05) is 0 Å². The molecule has 0 aromatic heterocycles. The predicted molar refractivity (Wildman–Crippen MR) is 95.0 cm³/mol. The second-order valence-electron chi connectivity index (χ2n) is 7.70. The standard InChI is InChI=1S/C11H13N.C10H13F/c1-11(2,3)10-6-4-5-9(7-10)8-12;1-10(2,3)8-5-4-6-9(11)7-8/h4-7H,1-3H3;4-7H,1-3H3. The number of benzene rings is 2. The van der Waals surface area contributed by atoms with Crippen molar-refractivity contribution in [2.45, 2.75) is 52.4 Å². The van der Waals surface area contributed by atoms with Gasteiger partial charge in [0.1, 0.15) is 5.82 Å². The maximum atomic E-state index is 12.7. The Morgan fingerprint density at radius 1 is 0.783 bits per heavy atom. The van der Waals surface area contributed by atoms with Gasteiger partial charge in [-0.1, -0.05) is 65.8 Å². The minimum Gasteiger partial charge on any atom is -0.207 e. The van der Waals surface area contributed by atoms with E-state index in [1.165, 1.54) is 11.6 Å². The summed E-state index contributed by atoms with van der Waals surface area (Å²) in [6.07, 6.45) is 0. The number of nitrogens with zero attached hydrogens (tertiary/aromatic N) is 1. The Kier molecular flexibility index (Phi) is 6.10. The molecule has 0 aliphatic rings. The van der Waals surface area contributed by atoms with Crippen molar-refractivity contribution in [3.05, 3.63) is 71.0 Å². The van der Waals surface area contributed by atoms with Crippen LogP contribution in [0.5, 0.6) is 0 Å². The first-order chi connectivity index (χ1) is 10.5. The SMILES string of the molecule is CC(C)(C)c1cccc(C#N)c1.CC(C)(C)c1cccc(F)c1. The second-order valence-corrected chi connectivity index (χ2v) is 7.70. The van der Waals surface area contributed by atoms with Crippen molar-refractivity contribution in [1.29, 1.82) is 5.26 Å². The van der Waals surface area contributed by atoms with Crippen molar-refractivity contribution in [3.8, 4) is 6.07 Å². The first-order valence-corrected chi connectivity index (χ1v) is 7.81. The molecule has 23 heavy (non-hydrogen) atoms. The minimum absolute atomic E-state index is 0.0437. The van der Waals surface area contributed by atoms with Gasteiger partial charge in [-0.2, -0.15) is 5.26 Å². The zero-order valence-corrected chi connectivity index (χ0v) is 14.9. The molecule has 0 radical (unpaired) electrons. The van der Waals surface area contributed by atoms with Gasteiger partial charge in [-0.25, -0.2) is 4.39 Å². The molecule has 0 saturated carbocycles. The van der Waals surface area contributed by atoms with Crippen LogP contribution in [0.1, 0.15) is 58.2 Å². The quantitative estimate of drug-likeness (QED) is 0.587. The number of hydrogen-bond donors (Lipinski definition) is 0. The van der Waals surface area contributed by atoms with Crippen LogP contribution in [0.3, 0.4) is 0 Å². The molecule has 1 nitrogen and oxygen atoms in total. The summed E-state index contributed by atoms with van der Waals surface area (Å²) in [5, 5.41) is 8.68. The third-order valence-corrected chi connectivity index (χ3v) is 3.55. The lowest BCUT2D eigenvalue weighted by Crippen LogP contribution is -2.10. The largest absolute Gasteiger partial charge is 0.207 e. The number of rotatable bonds is 0. The molecule has 0 bridgehead atoms. The number of hydrogen-bond acceptors (Lipinski definition) is 1. The van der Waals surface area contributed by atoms with Gasteiger partial charge in [0.15, 0.2) is 0 Å². The minimum atomic E-state index is -0.155. The molecule has 0 N–H and O–H groups in total. The van der Waals surface area contributed by atoms with Gasteiger partial charge in [0.05, 0.1) is 11.6 Å². The Bertz CT molecular complexity index is 682. The summed E-state index contributed by atoms with van der Waals surface area (Å²) in [5.74, 6) is -0.155. The van der Waals surface area contributed by atoms with E-state index in [2.05, 4.69) is 53.7 Å². The third-order valence-electron chi connectivity index (χ3n) is 3.55. The first kappa shape index (κ1) is 18.9. The zero-order chi connectivity index (χ0) is 17.7. The molecule has 122 valence electrons. The topological polar surface area (TPSA) is 23.8 Å². The summed E-state index contributed by atoms with van der Waals surface area (Å²) in [6.45, 7) is 12.6. The van der Waals surface area contributed by atoms with Crippen LogP contribution in [0.2, 0.25) is 0 Å². The highest BCUT2D eigenvalue weighted by Gasteiger charge is 2.13. The van der Waals surface area contributed by atoms with E-state index in [4.69, 9.17) is 5.26 Å². The van der Waals surface area contributed by atoms with Gasteiger partial charge >= 0.3 is 0 Å². The number of nitriles is 1. The van der Waals surface area contributed by atoms with Crippen LogP contribution < -0.4 is 0 Å². The predicted octanol–water partition coefficient (Wildman–Crippen LogP) is 5.98. The highest BCUT2D eigenvalue weighted by Crippen LogP contribution is 2.23. The fourth-order valence-electron chi connectivity index (χ4n) is 2.01. The highest BCUT2D eigenvalue weighted by atomic mass is 19.1. The Labute approximate surface area is 139 Å². The van der Waals surface area contributed by atoms with Crippen LogP contribution in [0.15, 0.2) is 48.5 Å². The van der Waals surface area contributed by atoms with Crippen LogP contribution in [-0.2, 0) is 10.8 Å². The molecule has 2 aromatic carbocycles. The van der Waals surface area contributed by atoms with E-state index in [1.807, 2.05) is 24.3 Å². The highest BCUT2D eigenvalue weighted by molar-refractivity contribution is 5.35. The molecule has 0 unspecified atom stereocenters. The van der Waals surface area contributed by atoms with Crippen molar-refractivity contribution < 1.29 is 4.39 Å². The van der Waals surface area contributed by atoms with Crippen LogP contribution in [-0.4, -0.2) is 0 Å². The lowest BCUT2D eigenvalue weighted by Gasteiger charge is -2.18. The molecule has 2 heteroatoms. The molecule has 0 aliphatic heterocycles. The average molecular weight is 311 g/mol. The lowest BCUT2D eigenvalue weighted by atomic mass is 9.86. The van der Waals surface area contributed by atoms with Gasteiger partial charge in [-0.15, -0.1) is 0 Å². The summed E-state index contributed by atoms with van der Waals surface area (Å²) in [6, 6.07) is 16.6. The van der Waals surface area contributed by atoms with Gasteiger partial charge in [0.25, 0.3) is 0 Å². The van der Waals surface area contributed by atoms with Crippen molar-refractivity contribution in [3.63, 3.8) is 0 Å². The summed E-state index contributed by atoms with van der Waals surface area (Å²) in [7, 11) is 0. The van der Waals surface area contributed by atoms with E-state index in [0.717, 1.165) is 11.1 Å². The summed E-state index contributed by atoms with van der Waals surface area (Å²) < 4.78 is 12.7. The summed E-state index contributed by atoms with van der Waals surface area (Å²) in [5.41, 5.74) is 3.16. The van der Waals surface area contributed by atoms with E-state index in [1.54, 1.807) is 12.1 Å². The molecule has 0 heterocycles. The molecule has 0 saturated heterocycles. The molecule has 2 aromatic rings. The van der Waals surface area contributed by atoms with Crippen LogP contribution in [0.4, 0.5) is 4.39 Å². The van der Waals surface area contributed by atoms with E-state index >= 15 is 0 Å². The van der Waals surface area contributed by atoms with Crippen molar-refractivity contribution in [2.24, 2.45) is 0 Å². The lowest BCUT2D eigenvalue weighted by molar-refractivity contribution is 0.572. The molecular weight excluding hydrogens is 285 g/mol. The molecule has 0 fully saturated rings. The average Bonchev–Trinajstić information content (AvgIpc) is 2.46.